The zero-order valence-corrected chi connectivity index (χ0v) is 21.1. The highest BCUT2D eigenvalue weighted by molar-refractivity contribution is 5.87. The first-order valence-electron chi connectivity index (χ1n) is 12.1. The van der Waals surface area contributed by atoms with Gasteiger partial charge in [-0.15, -0.1) is 0 Å². The summed E-state index contributed by atoms with van der Waals surface area (Å²) in [4.78, 5) is 28.2. The molecule has 2 rings (SSSR count). The number of rotatable bonds is 12. The molecule has 0 fully saturated rings. The summed E-state index contributed by atoms with van der Waals surface area (Å²) in [7, 11) is 1.63. The fraction of sp³-hybridized carbons (Fsp3) is 0.500. The average Bonchev–Trinajstić information content (AvgIpc) is 2.82. The normalized spacial score (nSPS) is 12.8. The number of carbonyl (C=O) groups excluding carboxylic acids is 2. The number of methoxy groups -OCH3 is 1. The number of amides is 2. The number of hydrogen-bond donors (Lipinski definition) is 1. The highest BCUT2D eigenvalue weighted by Crippen LogP contribution is 2.19. The molecule has 0 aliphatic rings. The van der Waals surface area contributed by atoms with Crippen LogP contribution in [0, 0.1) is 0 Å². The van der Waals surface area contributed by atoms with Crippen LogP contribution in [0.25, 0.3) is 0 Å². The quantitative estimate of drug-likeness (QED) is 0.464. The van der Waals surface area contributed by atoms with Crippen molar-refractivity contribution in [2.75, 3.05) is 7.11 Å². The molecule has 5 heteroatoms. The van der Waals surface area contributed by atoms with Gasteiger partial charge in [-0.3, -0.25) is 9.59 Å². The van der Waals surface area contributed by atoms with Gasteiger partial charge in [-0.2, -0.15) is 0 Å². The maximum absolute atomic E-state index is 13.4. The minimum absolute atomic E-state index is 0.00935. The Kier molecular flexibility index (Phi) is 10.4. The second-order valence-corrected chi connectivity index (χ2v) is 9.01. The van der Waals surface area contributed by atoms with Crippen LogP contribution in [0.15, 0.2) is 48.5 Å². The second kappa shape index (κ2) is 13.0. The molecule has 2 amide bonds. The molecule has 5 nitrogen and oxygen atoms in total. The van der Waals surface area contributed by atoms with Crippen LogP contribution >= 0.6 is 0 Å². The summed E-state index contributed by atoms with van der Waals surface area (Å²) in [5.41, 5.74) is 3.40. The Labute approximate surface area is 199 Å². The summed E-state index contributed by atoms with van der Waals surface area (Å²) in [5, 5.41) is 3.06. The molecule has 2 aromatic carbocycles. The van der Waals surface area contributed by atoms with E-state index in [4.69, 9.17) is 4.74 Å². The summed E-state index contributed by atoms with van der Waals surface area (Å²) >= 11 is 0. The lowest BCUT2D eigenvalue weighted by Crippen LogP contribution is -2.50. The molecule has 180 valence electrons. The number of benzene rings is 2. The topological polar surface area (TPSA) is 58.6 Å². The van der Waals surface area contributed by atoms with E-state index in [9.17, 15) is 9.59 Å². The van der Waals surface area contributed by atoms with E-state index in [0.717, 1.165) is 23.3 Å². The number of hydrogen-bond acceptors (Lipinski definition) is 3. The van der Waals surface area contributed by atoms with Gasteiger partial charge in [0.2, 0.25) is 11.8 Å². The predicted octanol–water partition coefficient (Wildman–Crippen LogP) is 5.47. The molecule has 0 aromatic heterocycles. The lowest BCUT2D eigenvalue weighted by Gasteiger charge is -2.31. The van der Waals surface area contributed by atoms with Crippen molar-refractivity contribution >= 4 is 11.8 Å². The maximum Gasteiger partial charge on any atom is 0.243 e. The zero-order chi connectivity index (χ0) is 24.4. The minimum atomic E-state index is -0.503. The van der Waals surface area contributed by atoms with E-state index in [-0.39, 0.29) is 17.9 Å². The third-order valence-corrected chi connectivity index (χ3v) is 6.17. The number of aryl methyl sites for hydroxylation is 1. The number of ether oxygens (including phenoxy) is 1. The summed E-state index contributed by atoms with van der Waals surface area (Å²) in [6, 6.07) is 15.7. The van der Waals surface area contributed by atoms with Crippen LogP contribution in [0.2, 0.25) is 0 Å². The predicted molar refractivity (Wildman–Crippen MR) is 134 cm³/mol. The van der Waals surface area contributed by atoms with Crippen LogP contribution in [0.1, 0.15) is 76.5 Å². The van der Waals surface area contributed by atoms with Gasteiger partial charge in [0.05, 0.1) is 7.11 Å². The van der Waals surface area contributed by atoms with Crippen LogP contribution in [0.5, 0.6) is 5.75 Å². The van der Waals surface area contributed by atoms with Crippen LogP contribution < -0.4 is 10.1 Å². The van der Waals surface area contributed by atoms with Crippen LogP contribution in [-0.2, 0) is 22.6 Å². The SMILES string of the molecule is CCC(C)NC(=O)C(CC)N(Cc1ccc(OC)cc1)C(=O)CCc1ccc(C(C)C)cc1. The Morgan fingerprint density at radius 3 is 2.03 bits per heavy atom. The molecule has 0 heterocycles. The monoisotopic (exact) mass is 452 g/mol. The van der Waals surface area contributed by atoms with Gasteiger partial charge in [-0.05, 0) is 60.9 Å². The van der Waals surface area contributed by atoms with Crippen molar-refractivity contribution < 1.29 is 14.3 Å². The third kappa shape index (κ3) is 7.92. The molecule has 0 bridgehead atoms. The first kappa shape index (κ1) is 26.4. The van der Waals surface area contributed by atoms with Crippen molar-refractivity contribution in [3.63, 3.8) is 0 Å². The molecule has 0 spiro atoms. The summed E-state index contributed by atoms with van der Waals surface area (Å²) < 4.78 is 5.25. The largest absolute Gasteiger partial charge is 0.497 e. The summed E-state index contributed by atoms with van der Waals surface area (Å²) in [6.45, 7) is 10.7. The Morgan fingerprint density at radius 1 is 0.909 bits per heavy atom. The second-order valence-electron chi connectivity index (χ2n) is 9.01. The highest BCUT2D eigenvalue weighted by Gasteiger charge is 2.29. The first-order chi connectivity index (χ1) is 15.8. The number of carbonyl (C=O) groups is 2. The van der Waals surface area contributed by atoms with Crippen molar-refractivity contribution in [3.05, 3.63) is 65.2 Å². The van der Waals surface area contributed by atoms with Gasteiger partial charge in [0, 0.05) is 19.0 Å². The molecule has 0 aliphatic carbocycles. The highest BCUT2D eigenvalue weighted by atomic mass is 16.5. The van der Waals surface area contributed by atoms with Crippen LogP contribution in [0.3, 0.4) is 0 Å². The third-order valence-electron chi connectivity index (χ3n) is 6.17. The Bertz CT molecular complexity index is 875. The molecular weight excluding hydrogens is 412 g/mol. The molecule has 0 radical (unpaired) electrons. The van der Waals surface area contributed by atoms with E-state index in [1.165, 1.54) is 5.56 Å². The van der Waals surface area contributed by atoms with Crippen molar-refractivity contribution in [1.82, 2.24) is 10.2 Å². The standard InChI is InChI=1S/C28H40N2O3/c1-7-21(5)29-28(32)26(8-2)30(19-23-11-16-25(33-6)17-12-23)27(31)18-13-22-9-14-24(15-10-22)20(3)4/h9-12,14-17,20-21,26H,7-8,13,18-19H2,1-6H3,(H,29,32). The Balaban J connectivity index is 2.19. The van der Waals surface area contributed by atoms with E-state index < -0.39 is 6.04 Å². The molecule has 2 atom stereocenters. The average molecular weight is 453 g/mol. The van der Waals surface area contributed by atoms with Crippen molar-refractivity contribution in [3.8, 4) is 5.75 Å². The fourth-order valence-electron chi connectivity index (χ4n) is 3.75. The molecule has 2 aromatic rings. The van der Waals surface area contributed by atoms with E-state index in [1.54, 1.807) is 12.0 Å². The number of nitrogens with zero attached hydrogens (tertiary/aromatic N) is 1. The van der Waals surface area contributed by atoms with Gasteiger partial charge in [0.1, 0.15) is 11.8 Å². The lowest BCUT2D eigenvalue weighted by atomic mass is 10.00. The molecule has 1 N–H and O–H groups in total. The van der Waals surface area contributed by atoms with Crippen LogP contribution in [-0.4, -0.2) is 35.9 Å². The van der Waals surface area contributed by atoms with Gasteiger partial charge in [-0.25, -0.2) is 0 Å². The van der Waals surface area contributed by atoms with Gasteiger partial charge in [0.25, 0.3) is 0 Å². The Morgan fingerprint density at radius 2 is 1.52 bits per heavy atom. The van der Waals surface area contributed by atoms with Gasteiger partial charge in [0.15, 0.2) is 0 Å². The van der Waals surface area contributed by atoms with Crippen LogP contribution in [0.4, 0.5) is 0 Å². The molecule has 0 aliphatic heterocycles. The van der Waals surface area contributed by atoms with Crippen molar-refractivity contribution in [2.45, 2.75) is 84.8 Å². The maximum atomic E-state index is 13.4. The Hall–Kier alpha value is -2.82. The van der Waals surface area contributed by atoms with Crippen molar-refractivity contribution in [1.29, 1.82) is 0 Å². The molecule has 33 heavy (non-hydrogen) atoms. The van der Waals surface area contributed by atoms with E-state index in [2.05, 4.69) is 43.4 Å². The van der Waals surface area contributed by atoms with E-state index in [1.807, 2.05) is 45.0 Å². The van der Waals surface area contributed by atoms with Gasteiger partial charge in [-0.1, -0.05) is 64.1 Å². The molecule has 0 saturated heterocycles. The van der Waals surface area contributed by atoms with E-state index in [0.29, 0.717) is 31.7 Å². The zero-order valence-electron chi connectivity index (χ0n) is 21.1. The lowest BCUT2D eigenvalue weighted by molar-refractivity contribution is -0.141. The van der Waals surface area contributed by atoms with Gasteiger partial charge >= 0.3 is 0 Å². The van der Waals surface area contributed by atoms with E-state index >= 15 is 0 Å². The smallest absolute Gasteiger partial charge is 0.243 e. The first-order valence-corrected chi connectivity index (χ1v) is 12.1. The van der Waals surface area contributed by atoms with Gasteiger partial charge < -0.3 is 15.0 Å². The van der Waals surface area contributed by atoms with Crippen molar-refractivity contribution in [2.24, 2.45) is 0 Å². The number of nitrogens with one attached hydrogen (secondary N) is 1. The molecule has 0 saturated carbocycles. The molecule has 2 unspecified atom stereocenters. The molecular formula is C28H40N2O3. The summed E-state index contributed by atoms with van der Waals surface area (Å²) in [6.07, 6.45) is 2.43. The summed E-state index contributed by atoms with van der Waals surface area (Å²) in [5.74, 6) is 1.15. The fourth-order valence-corrected chi connectivity index (χ4v) is 3.75. The minimum Gasteiger partial charge on any atom is -0.497 e.